The second-order valence-corrected chi connectivity index (χ2v) is 8.64. The summed E-state index contributed by atoms with van der Waals surface area (Å²) in [6.07, 6.45) is 1.71. The molecule has 0 radical (unpaired) electrons. The number of carbonyl (C=O) groups is 1. The summed E-state index contributed by atoms with van der Waals surface area (Å²) in [5.74, 6) is 0.142. The van der Waals surface area contributed by atoms with Gasteiger partial charge in [0, 0.05) is 29.1 Å². The summed E-state index contributed by atoms with van der Waals surface area (Å²) in [6, 6.07) is 7.90. The monoisotopic (exact) mass is 421 g/mol. The van der Waals surface area contributed by atoms with E-state index in [1.807, 2.05) is 55.9 Å². The molecule has 1 amide bonds. The molecular formula is C23H27N5OS. The Morgan fingerprint density at radius 1 is 1.13 bits per heavy atom. The summed E-state index contributed by atoms with van der Waals surface area (Å²) in [4.78, 5) is 28.8. The fraction of sp³-hybridized carbons (Fsp3) is 0.391. The SMILES string of the molecule is Cc1nc(C)c(CN2CCC(C(=O)Nc3cccc(-c4cscn4)c3)CC2)nc1C. The molecule has 6 nitrogen and oxygen atoms in total. The van der Waals surface area contributed by atoms with Crippen LogP contribution < -0.4 is 5.32 Å². The van der Waals surface area contributed by atoms with Gasteiger partial charge < -0.3 is 5.32 Å². The molecule has 0 saturated carbocycles. The molecule has 0 aliphatic carbocycles. The van der Waals surface area contributed by atoms with E-state index in [1.54, 1.807) is 11.3 Å². The topological polar surface area (TPSA) is 71.0 Å². The zero-order valence-corrected chi connectivity index (χ0v) is 18.5. The van der Waals surface area contributed by atoms with Gasteiger partial charge in [-0.05, 0) is 58.8 Å². The van der Waals surface area contributed by atoms with E-state index in [4.69, 9.17) is 4.98 Å². The van der Waals surface area contributed by atoms with Crippen LogP contribution >= 0.6 is 11.3 Å². The Balaban J connectivity index is 1.33. The van der Waals surface area contributed by atoms with Gasteiger partial charge in [0.1, 0.15) is 0 Å². The van der Waals surface area contributed by atoms with Crippen molar-refractivity contribution in [2.45, 2.75) is 40.2 Å². The quantitative estimate of drug-likeness (QED) is 0.662. The number of piperidine rings is 1. The molecule has 1 aromatic carbocycles. The highest BCUT2D eigenvalue weighted by Gasteiger charge is 2.25. The third-order valence-corrected chi connectivity index (χ3v) is 6.36. The average Bonchev–Trinajstić information content (AvgIpc) is 3.28. The Morgan fingerprint density at radius 2 is 1.90 bits per heavy atom. The summed E-state index contributed by atoms with van der Waals surface area (Å²) >= 11 is 1.57. The first-order valence-corrected chi connectivity index (χ1v) is 11.3. The van der Waals surface area contributed by atoms with Crippen LogP contribution in [0.3, 0.4) is 0 Å². The number of likely N-dealkylation sites (tertiary alicyclic amines) is 1. The van der Waals surface area contributed by atoms with Gasteiger partial charge in [0.05, 0.1) is 34.0 Å². The van der Waals surface area contributed by atoms with Crippen molar-refractivity contribution in [3.63, 3.8) is 0 Å². The lowest BCUT2D eigenvalue weighted by atomic mass is 9.95. The largest absolute Gasteiger partial charge is 0.326 e. The number of carbonyl (C=O) groups excluding carboxylic acids is 1. The van der Waals surface area contributed by atoms with E-state index in [-0.39, 0.29) is 11.8 Å². The van der Waals surface area contributed by atoms with Crippen molar-refractivity contribution in [3.8, 4) is 11.3 Å². The number of nitrogens with one attached hydrogen (secondary N) is 1. The van der Waals surface area contributed by atoms with Crippen molar-refractivity contribution in [1.29, 1.82) is 0 Å². The summed E-state index contributed by atoms with van der Waals surface area (Å²) in [7, 11) is 0. The van der Waals surface area contributed by atoms with Crippen molar-refractivity contribution in [2.24, 2.45) is 5.92 Å². The normalized spacial score (nSPS) is 15.3. The molecule has 0 spiro atoms. The number of hydrogen-bond acceptors (Lipinski definition) is 6. The van der Waals surface area contributed by atoms with Crippen LogP contribution in [0.15, 0.2) is 35.2 Å². The Hall–Kier alpha value is -2.64. The van der Waals surface area contributed by atoms with Crippen LogP contribution in [-0.4, -0.2) is 38.8 Å². The van der Waals surface area contributed by atoms with Crippen molar-refractivity contribution >= 4 is 22.9 Å². The summed E-state index contributed by atoms with van der Waals surface area (Å²) in [5, 5.41) is 5.11. The fourth-order valence-electron chi connectivity index (χ4n) is 3.83. The molecule has 156 valence electrons. The van der Waals surface area contributed by atoms with Crippen LogP contribution in [0.1, 0.15) is 35.6 Å². The second-order valence-electron chi connectivity index (χ2n) is 7.92. The average molecular weight is 422 g/mol. The first-order valence-electron chi connectivity index (χ1n) is 10.3. The molecule has 4 rings (SSSR count). The number of nitrogens with zero attached hydrogens (tertiary/aromatic N) is 4. The highest BCUT2D eigenvalue weighted by molar-refractivity contribution is 7.07. The van der Waals surface area contributed by atoms with Gasteiger partial charge in [-0.1, -0.05) is 12.1 Å². The fourth-order valence-corrected chi connectivity index (χ4v) is 4.39. The number of rotatable bonds is 5. The number of hydrogen-bond donors (Lipinski definition) is 1. The lowest BCUT2D eigenvalue weighted by molar-refractivity contribution is -0.121. The van der Waals surface area contributed by atoms with Crippen LogP contribution in [0.25, 0.3) is 11.3 Å². The minimum absolute atomic E-state index is 0.0381. The highest BCUT2D eigenvalue weighted by atomic mass is 32.1. The zero-order chi connectivity index (χ0) is 21.1. The van der Waals surface area contributed by atoms with Gasteiger partial charge in [0.25, 0.3) is 0 Å². The van der Waals surface area contributed by atoms with Gasteiger partial charge in [0.15, 0.2) is 0 Å². The summed E-state index contributed by atoms with van der Waals surface area (Å²) < 4.78 is 0. The van der Waals surface area contributed by atoms with Crippen molar-refractivity contribution in [3.05, 3.63) is 57.9 Å². The standard InChI is InChI=1S/C23H27N5OS/c1-15-16(2)26-21(17(3)25-15)12-28-9-7-18(8-10-28)23(29)27-20-6-4-5-19(11-20)22-13-30-14-24-22/h4-6,11,13-14,18H,7-10,12H2,1-3H3,(H,27,29). The Morgan fingerprint density at radius 3 is 2.63 bits per heavy atom. The molecule has 0 bridgehead atoms. The molecule has 3 heterocycles. The summed E-state index contributed by atoms with van der Waals surface area (Å²) in [5.41, 5.74) is 8.63. The van der Waals surface area contributed by atoms with Crippen molar-refractivity contribution < 1.29 is 4.79 Å². The number of aromatic nitrogens is 3. The van der Waals surface area contributed by atoms with Gasteiger partial charge in [-0.3, -0.25) is 19.7 Å². The molecule has 2 aromatic heterocycles. The maximum atomic E-state index is 12.8. The van der Waals surface area contributed by atoms with Gasteiger partial charge in [-0.25, -0.2) is 4.98 Å². The number of aryl methyl sites for hydroxylation is 3. The van der Waals surface area contributed by atoms with Crippen molar-refractivity contribution in [2.75, 3.05) is 18.4 Å². The van der Waals surface area contributed by atoms with Crippen LogP contribution in [0, 0.1) is 26.7 Å². The Labute approximate surface area is 181 Å². The number of benzene rings is 1. The Kier molecular flexibility index (Phi) is 6.20. The molecule has 3 aromatic rings. The number of amides is 1. The first-order chi connectivity index (χ1) is 14.5. The molecule has 1 N–H and O–H groups in total. The van der Waals surface area contributed by atoms with E-state index in [0.29, 0.717) is 0 Å². The predicted molar refractivity (Wildman–Crippen MR) is 120 cm³/mol. The van der Waals surface area contributed by atoms with Gasteiger partial charge >= 0.3 is 0 Å². The van der Waals surface area contributed by atoms with E-state index in [9.17, 15) is 4.79 Å². The molecule has 0 atom stereocenters. The maximum Gasteiger partial charge on any atom is 0.227 e. The maximum absolute atomic E-state index is 12.8. The van der Waals surface area contributed by atoms with Crippen LogP contribution in [-0.2, 0) is 11.3 Å². The van der Waals surface area contributed by atoms with Crippen molar-refractivity contribution in [1.82, 2.24) is 19.9 Å². The van der Waals surface area contributed by atoms with Gasteiger partial charge in [-0.15, -0.1) is 11.3 Å². The van der Waals surface area contributed by atoms with E-state index < -0.39 is 0 Å². The molecule has 1 aliphatic heterocycles. The smallest absolute Gasteiger partial charge is 0.227 e. The lowest BCUT2D eigenvalue weighted by Gasteiger charge is -2.31. The van der Waals surface area contributed by atoms with Gasteiger partial charge in [-0.2, -0.15) is 0 Å². The van der Waals surface area contributed by atoms with E-state index in [0.717, 1.165) is 72.2 Å². The van der Waals surface area contributed by atoms with E-state index in [2.05, 4.69) is 20.2 Å². The van der Waals surface area contributed by atoms with Crippen LogP contribution in [0.2, 0.25) is 0 Å². The molecule has 0 unspecified atom stereocenters. The van der Waals surface area contributed by atoms with Crippen LogP contribution in [0.5, 0.6) is 0 Å². The Bertz CT molecular complexity index is 1030. The third-order valence-electron chi connectivity index (χ3n) is 5.77. The molecule has 7 heteroatoms. The third kappa shape index (κ3) is 4.74. The van der Waals surface area contributed by atoms with E-state index >= 15 is 0 Å². The minimum atomic E-state index is 0.0381. The second kappa shape index (κ2) is 9.02. The molecule has 1 aliphatic rings. The number of thiazole rings is 1. The zero-order valence-electron chi connectivity index (χ0n) is 17.7. The molecule has 1 fully saturated rings. The predicted octanol–water partition coefficient (Wildman–Crippen LogP) is 4.38. The highest BCUT2D eigenvalue weighted by Crippen LogP contribution is 2.25. The minimum Gasteiger partial charge on any atom is -0.326 e. The van der Waals surface area contributed by atoms with E-state index in [1.165, 1.54) is 0 Å². The van der Waals surface area contributed by atoms with Crippen LogP contribution in [0.4, 0.5) is 5.69 Å². The van der Waals surface area contributed by atoms with Gasteiger partial charge in [0.2, 0.25) is 5.91 Å². The number of anilines is 1. The first kappa shape index (κ1) is 20.6. The summed E-state index contributed by atoms with van der Waals surface area (Å²) in [6.45, 7) is 8.61. The molecule has 30 heavy (non-hydrogen) atoms. The molecular weight excluding hydrogens is 394 g/mol. The molecule has 1 saturated heterocycles. The lowest BCUT2D eigenvalue weighted by Crippen LogP contribution is -2.38.